The molecule has 2 fully saturated rings. The Morgan fingerprint density at radius 2 is 1.77 bits per heavy atom. The van der Waals surface area contributed by atoms with Crippen LogP contribution in [0.2, 0.25) is 0 Å². The summed E-state index contributed by atoms with van der Waals surface area (Å²) in [4.78, 5) is 17.8. The number of amides is 1. The number of likely N-dealkylation sites (tertiary alicyclic amines) is 2. The van der Waals surface area contributed by atoms with Crippen molar-refractivity contribution in [3.8, 4) is 0 Å². The zero-order valence-corrected chi connectivity index (χ0v) is 20.8. The first-order valence-electron chi connectivity index (χ1n) is 13.2. The molecule has 6 heteroatoms. The second-order valence-electron chi connectivity index (χ2n) is 10.1. The lowest BCUT2D eigenvalue weighted by molar-refractivity contribution is -0.126. The third-order valence-electron chi connectivity index (χ3n) is 7.91. The fourth-order valence-electron chi connectivity index (χ4n) is 5.85. The van der Waals surface area contributed by atoms with E-state index in [0.29, 0.717) is 6.04 Å². The summed E-state index contributed by atoms with van der Waals surface area (Å²) in [5, 5.41) is 4.48. The van der Waals surface area contributed by atoms with Crippen molar-refractivity contribution in [3.05, 3.63) is 71.7 Å². The molecule has 35 heavy (non-hydrogen) atoms. The smallest absolute Gasteiger partial charge is 0.223 e. The summed E-state index contributed by atoms with van der Waals surface area (Å²) in [5.74, 6) is 0.148. The molecule has 1 aromatic heterocycles. The van der Waals surface area contributed by atoms with Crippen molar-refractivity contribution in [3.63, 3.8) is 0 Å². The SMILES string of the molecule is CCN1CCCC1CNC(=O)C1CCN(Cc2cc3ccccc3n2Cc2ccc(F)cc2)CC1. The van der Waals surface area contributed by atoms with Gasteiger partial charge in [-0.25, -0.2) is 4.39 Å². The molecule has 0 saturated carbocycles. The molecule has 5 rings (SSSR count). The van der Waals surface area contributed by atoms with Crippen LogP contribution in [-0.4, -0.2) is 59.0 Å². The molecule has 1 amide bonds. The van der Waals surface area contributed by atoms with E-state index in [0.717, 1.165) is 64.2 Å². The lowest BCUT2D eigenvalue weighted by Gasteiger charge is -2.32. The van der Waals surface area contributed by atoms with Crippen LogP contribution in [0.15, 0.2) is 54.6 Å². The number of likely N-dealkylation sites (N-methyl/N-ethyl adjacent to an activating group) is 1. The van der Waals surface area contributed by atoms with Gasteiger partial charge in [-0.2, -0.15) is 0 Å². The minimum Gasteiger partial charge on any atom is -0.354 e. The maximum atomic E-state index is 13.4. The first kappa shape index (κ1) is 24.0. The Morgan fingerprint density at radius 1 is 1.00 bits per heavy atom. The highest BCUT2D eigenvalue weighted by Gasteiger charge is 2.28. The molecular formula is C29H37FN4O. The van der Waals surface area contributed by atoms with Crippen molar-refractivity contribution >= 4 is 16.8 Å². The average molecular weight is 477 g/mol. The summed E-state index contributed by atoms with van der Waals surface area (Å²) in [6.07, 6.45) is 4.25. The molecule has 5 nitrogen and oxygen atoms in total. The first-order chi connectivity index (χ1) is 17.1. The number of hydrogen-bond acceptors (Lipinski definition) is 3. The van der Waals surface area contributed by atoms with E-state index in [4.69, 9.17) is 0 Å². The number of piperidine rings is 1. The molecule has 3 aromatic rings. The molecule has 0 bridgehead atoms. The molecule has 1 N–H and O–H groups in total. The standard InChI is InChI=1S/C29H37FN4O/c1-2-33-15-5-7-26(33)19-31-29(35)23-13-16-32(17-14-23)21-27-18-24-6-3-4-8-28(24)34(27)20-22-9-11-25(30)12-10-22/h3-4,6,8-12,18,23,26H,2,5,7,13-17,19-21H2,1H3,(H,31,35). The Morgan fingerprint density at radius 3 is 2.54 bits per heavy atom. The number of nitrogens with one attached hydrogen (secondary N) is 1. The van der Waals surface area contributed by atoms with Crippen molar-refractivity contribution in [2.45, 2.75) is 51.7 Å². The monoisotopic (exact) mass is 476 g/mol. The largest absolute Gasteiger partial charge is 0.354 e. The highest BCUT2D eigenvalue weighted by Crippen LogP contribution is 2.25. The van der Waals surface area contributed by atoms with Crippen LogP contribution in [0, 0.1) is 11.7 Å². The third kappa shape index (κ3) is 5.60. The maximum Gasteiger partial charge on any atom is 0.223 e. The lowest BCUT2D eigenvalue weighted by Crippen LogP contribution is -2.44. The van der Waals surface area contributed by atoms with Gasteiger partial charge in [-0.15, -0.1) is 0 Å². The molecule has 0 spiro atoms. The summed E-state index contributed by atoms with van der Waals surface area (Å²) >= 11 is 0. The van der Waals surface area contributed by atoms with Crippen molar-refractivity contribution < 1.29 is 9.18 Å². The Labute approximate surface area is 207 Å². The van der Waals surface area contributed by atoms with Crippen LogP contribution in [0.3, 0.4) is 0 Å². The summed E-state index contributed by atoms with van der Waals surface area (Å²) in [6.45, 7) is 8.66. The number of fused-ring (bicyclic) bond motifs is 1. The summed E-state index contributed by atoms with van der Waals surface area (Å²) in [5.41, 5.74) is 3.56. The van der Waals surface area contributed by atoms with E-state index in [1.165, 1.54) is 41.6 Å². The van der Waals surface area contributed by atoms with Crippen LogP contribution in [0.25, 0.3) is 10.9 Å². The minimum atomic E-state index is -0.204. The number of carbonyl (C=O) groups excluding carboxylic acids is 1. The first-order valence-corrected chi connectivity index (χ1v) is 13.2. The number of aromatic nitrogens is 1. The predicted molar refractivity (Wildman–Crippen MR) is 139 cm³/mol. The van der Waals surface area contributed by atoms with Gasteiger partial charge in [-0.1, -0.05) is 37.3 Å². The van der Waals surface area contributed by atoms with Gasteiger partial charge < -0.3 is 9.88 Å². The fraction of sp³-hybridized carbons (Fsp3) is 0.483. The van der Waals surface area contributed by atoms with Crippen LogP contribution in [0.5, 0.6) is 0 Å². The Kier molecular flexibility index (Phi) is 7.49. The highest BCUT2D eigenvalue weighted by atomic mass is 19.1. The van der Waals surface area contributed by atoms with Crippen LogP contribution in [-0.2, 0) is 17.9 Å². The molecule has 2 saturated heterocycles. The van der Waals surface area contributed by atoms with Gasteiger partial charge in [0.05, 0.1) is 0 Å². The molecule has 2 aromatic carbocycles. The van der Waals surface area contributed by atoms with Crippen molar-refractivity contribution in [2.24, 2.45) is 5.92 Å². The zero-order valence-electron chi connectivity index (χ0n) is 20.8. The number of hydrogen-bond donors (Lipinski definition) is 1. The van der Waals surface area contributed by atoms with Gasteiger partial charge in [0.1, 0.15) is 5.82 Å². The van der Waals surface area contributed by atoms with Gasteiger partial charge in [0.25, 0.3) is 0 Å². The normalized spacial score (nSPS) is 20.0. The van der Waals surface area contributed by atoms with Gasteiger partial charge >= 0.3 is 0 Å². The number of benzene rings is 2. The number of para-hydroxylation sites is 1. The van der Waals surface area contributed by atoms with Gasteiger partial charge in [-0.3, -0.25) is 14.6 Å². The molecule has 1 atom stereocenters. The van der Waals surface area contributed by atoms with Crippen molar-refractivity contribution in [1.82, 2.24) is 19.7 Å². The number of halogens is 1. The van der Waals surface area contributed by atoms with Gasteiger partial charge in [0.15, 0.2) is 0 Å². The average Bonchev–Trinajstić information content (AvgIpc) is 3.48. The van der Waals surface area contributed by atoms with Crippen molar-refractivity contribution in [2.75, 3.05) is 32.7 Å². The Hall–Kier alpha value is -2.70. The minimum absolute atomic E-state index is 0.118. The van der Waals surface area contributed by atoms with E-state index < -0.39 is 0 Å². The number of carbonyl (C=O) groups is 1. The molecule has 1 unspecified atom stereocenters. The molecule has 0 radical (unpaired) electrons. The number of nitrogens with zero attached hydrogens (tertiary/aromatic N) is 3. The van der Waals surface area contributed by atoms with Gasteiger partial charge in [0, 0.05) is 42.8 Å². The van der Waals surface area contributed by atoms with Crippen molar-refractivity contribution in [1.29, 1.82) is 0 Å². The number of rotatable bonds is 8. The van der Waals surface area contributed by atoms with E-state index in [-0.39, 0.29) is 17.6 Å². The molecule has 2 aliphatic rings. The van der Waals surface area contributed by atoms with Crippen LogP contribution >= 0.6 is 0 Å². The Balaban J connectivity index is 1.20. The van der Waals surface area contributed by atoms with Crippen LogP contribution < -0.4 is 5.32 Å². The van der Waals surface area contributed by atoms with Gasteiger partial charge in [0.2, 0.25) is 5.91 Å². The lowest BCUT2D eigenvalue weighted by atomic mass is 9.95. The highest BCUT2D eigenvalue weighted by molar-refractivity contribution is 5.81. The molecule has 0 aliphatic carbocycles. The van der Waals surface area contributed by atoms with Gasteiger partial charge in [-0.05, 0) is 87.1 Å². The predicted octanol–water partition coefficient (Wildman–Crippen LogP) is 4.64. The molecule has 2 aliphatic heterocycles. The zero-order chi connectivity index (χ0) is 24.2. The molecular weight excluding hydrogens is 439 g/mol. The fourth-order valence-corrected chi connectivity index (χ4v) is 5.85. The van der Waals surface area contributed by atoms with Crippen LogP contribution in [0.4, 0.5) is 4.39 Å². The topological polar surface area (TPSA) is 40.5 Å². The van der Waals surface area contributed by atoms with E-state index in [1.807, 2.05) is 12.1 Å². The Bertz CT molecular complexity index is 1130. The van der Waals surface area contributed by atoms with E-state index in [2.05, 4.69) is 56.9 Å². The molecule has 3 heterocycles. The maximum absolute atomic E-state index is 13.4. The third-order valence-corrected chi connectivity index (χ3v) is 7.91. The quantitative estimate of drug-likeness (QED) is 0.515. The van der Waals surface area contributed by atoms with Crippen LogP contribution in [0.1, 0.15) is 43.9 Å². The second kappa shape index (κ2) is 10.9. The second-order valence-corrected chi connectivity index (χ2v) is 10.1. The summed E-state index contributed by atoms with van der Waals surface area (Å²) in [7, 11) is 0. The summed E-state index contributed by atoms with van der Waals surface area (Å²) < 4.78 is 15.8. The molecule has 186 valence electrons. The van der Waals surface area contributed by atoms with E-state index >= 15 is 0 Å². The van der Waals surface area contributed by atoms with E-state index in [9.17, 15) is 9.18 Å². The van der Waals surface area contributed by atoms with E-state index in [1.54, 1.807) is 0 Å². The summed E-state index contributed by atoms with van der Waals surface area (Å²) in [6, 6.07) is 18.0.